The van der Waals surface area contributed by atoms with Gasteiger partial charge in [0.05, 0.1) is 11.0 Å². The van der Waals surface area contributed by atoms with E-state index in [0.29, 0.717) is 12.8 Å². The molecule has 4 nitrogen and oxygen atoms in total. The summed E-state index contributed by atoms with van der Waals surface area (Å²) in [6, 6.07) is 4.69. The average molecular weight is 230 g/mol. The molecule has 5 heteroatoms. The molecule has 0 bridgehead atoms. The lowest BCUT2D eigenvalue weighted by atomic mass is 10.1. The van der Waals surface area contributed by atoms with E-state index in [1.165, 1.54) is 12.1 Å². The number of halogens is 1. The van der Waals surface area contributed by atoms with Crippen LogP contribution in [0.4, 0.5) is 5.69 Å². The van der Waals surface area contributed by atoms with Gasteiger partial charge in [-0.25, -0.2) is 0 Å². The van der Waals surface area contributed by atoms with E-state index in [1.54, 1.807) is 13.0 Å². The second-order valence-corrected chi connectivity index (χ2v) is 3.84. The third-order valence-corrected chi connectivity index (χ3v) is 2.38. The highest BCUT2D eigenvalue weighted by molar-refractivity contribution is 6.32. The van der Waals surface area contributed by atoms with Gasteiger partial charge >= 0.3 is 0 Å². The van der Waals surface area contributed by atoms with Crippen molar-refractivity contribution in [1.29, 1.82) is 0 Å². The summed E-state index contributed by atoms with van der Waals surface area (Å²) in [6.07, 6.45) is 0.786. The Morgan fingerprint density at radius 2 is 2.27 bits per heavy atom. The molecule has 1 atom stereocenters. The first-order chi connectivity index (χ1) is 7.00. The highest BCUT2D eigenvalue weighted by Crippen LogP contribution is 2.25. The van der Waals surface area contributed by atoms with Crippen LogP contribution in [0, 0.1) is 10.1 Å². The molecule has 0 heterocycles. The van der Waals surface area contributed by atoms with Crippen molar-refractivity contribution in [1.82, 2.24) is 0 Å². The quantitative estimate of drug-likeness (QED) is 0.638. The van der Waals surface area contributed by atoms with Gasteiger partial charge in [0, 0.05) is 6.07 Å². The van der Waals surface area contributed by atoms with E-state index in [4.69, 9.17) is 16.7 Å². The van der Waals surface area contributed by atoms with Gasteiger partial charge in [-0.2, -0.15) is 0 Å². The van der Waals surface area contributed by atoms with Gasteiger partial charge in [0.25, 0.3) is 5.69 Å². The minimum absolute atomic E-state index is 0.0836. The maximum absolute atomic E-state index is 10.6. The summed E-state index contributed by atoms with van der Waals surface area (Å²) >= 11 is 5.66. The molecular formula is C10H12ClNO3. The molecule has 1 aromatic rings. The van der Waals surface area contributed by atoms with Crippen LogP contribution in [0.2, 0.25) is 5.02 Å². The van der Waals surface area contributed by atoms with Crippen molar-refractivity contribution >= 4 is 17.3 Å². The van der Waals surface area contributed by atoms with Gasteiger partial charge < -0.3 is 5.11 Å². The zero-order chi connectivity index (χ0) is 11.4. The molecule has 1 aromatic carbocycles. The number of benzene rings is 1. The molecule has 0 saturated carbocycles. The Labute approximate surface area is 92.6 Å². The van der Waals surface area contributed by atoms with E-state index in [2.05, 4.69) is 0 Å². The van der Waals surface area contributed by atoms with Crippen molar-refractivity contribution in [3.63, 3.8) is 0 Å². The highest BCUT2D eigenvalue weighted by Gasteiger charge is 2.12. The third-order valence-electron chi connectivity index (χ3n) is 2.06. The molecule has 0 radical (unpaired) electrons. The summed E-state index contributed by atoms with van der Waals surface area (Å²) in [6.45, 7) is 1.68. The number of nitrogens with zero attached hydrogens (tertiary/aromatic N) is 1. The summed E-state index contributed by atoms with van der Waals surface area (Å²) in [5.74, 6) is 0. The van der Waals surface area contributed by atoms with E-state index in [0.717, 1.165) is 5.56 Å². The Morgan fingerprint density at radius 1 is 1.60 bits per heavy atom. The Bertz CT molecular complexity index is 366. The predicted molar refractivity (Wildman–Crippen MR) is 58.1 cm³/mol. The Balaban J connectivity index is 2.83. The molecule has 0 aromatic heterocycles. The van der Waals surface area contributed by atoms with E-state index in [1.807, 2.05) is 0 Å². The summed E-state index contributed by atoms with van der Waals surface area (Å²) in [4.78, 5) is 10.1. The van der Waals surface area contributed by atoms with Crippen LogP contribution in [0.25, 0.3) is 0 Å². The van der Waals surface area contributed by atoms with Gasteiger partial charge in [-0.1, -0.05) is 17.7 Å². The molecule has 1 rings (SSSR count). The van der Waals surface area contributed by atoms with E-state index < -0.39 is 11.0 Å². The summed E-state index contributed by atoms with van der Waals surface area (Å²) in [5.41, 5.74) is 0.728. The van der Waals surface area contributed by atoms with E-state index in [-0.39, 0.29) is 10.7 Å². The molecule has 0 unspecified atom stereocenters. The molecular weight excluding hydrogens is 218 g/mol. The average Bonchev–Trinajstić information content (AvgIpc) is 2.16. The number of aryl methyl sites for hydroxylation is 1. The van der Waals surface area contributed by atoms with Gasteiger partial charge in [0.15, 0.2) is 0 Å². The molecule has 0 spiro atoms. The monoisotopic (exact) mass is 229 g/mol. The molecule has 0 amide bonds. The first kappa shape index (κ1) is 11.9. The minimum Gasteiger partial charge on any atom is -0.393 e. The number of aliphatic hydroxyl groups is 1. The van der Waals surface area contributed by atoms with Crippen LogP contribution in [-0.2, 0) is 6.42 Å². The predicted octanol–water partition coefficient (Wildman–Crippen LogP) is 2.56. The van der Waals surface area contributed by atoms with Crippen LogP contribution in [0.5, 0.6) is 0 Å². The number of rotatable bonds is 4. The first-order valence-electron chi connectivity index (χ1n) is 4.61. The largest absolute Gasteiger partial charge is 0.393 e. The van der Waals surface area contributed by atoms with Crippen LogP contribution >= 0.6 is 11.6 Å². The van der Waals surface area contributed by atoms with Crippen molar-refractivity contribution in [2.45, 2.75) is 25.9 Å². The van der Waals surface area contributed by atoms with Crippen molar-refractivity contribution < 1.29 is 10.0 Å². The maximum Gasteiger partial charge on any atom is 0.288 e. The first-order valence-corrected chi connectivity index (χ1v) is 4.99. The maximum atomic E-state index is 10.6. The number of hydrogen-bond donors (Lipinski definition) is 1. The molecule has 82 valence electrons. The Hall–Kier alpha value is -1.13. The SMILES string of the molecule is C[C@H](O)CCc1ccc(Cl)c([N+](=O)[O-])c1. The number of nitro groups is 1. The molecule has 0 saturated heterocycles. The van der Waals surface area contributed by atoms with Crippen LogP contribution in [0.3, 0.4) is 0 Å². The topological polar surface area (TPSA) is 63.4 Å². The molecule has 1 N–H and O–H groups in total. The highest BCUT2D eigenvalue weighted by atomic mass is 35.5. The Kier molecular flexibility index (Phi) is 4.05. The Morgan fingerprint density at radius 3 is 2.80 bits per heavy atom. The van der Waals surface area contributed by atoms with Crippen molar-refractivity contribution in [3.05, 3.63) is 38.9 Å². The van der Waals surface area contributed by atoms with Crippen LogP contribution in [0.15, 0.2) is 18.2 Å². The molecule has 15 heavy (non-hydrogen) atoms. The van der Waals surface area contributed by atoms with Crippen LogP contribution in [0.1, 0.15) is 18.9 Å². The van der Waals surface area contributed by atoms with Gasteiger partial charge in [0.1, 0.15) is 5.02 Å². The summed E-state index contributed by atoms with van der Waals surface area (Å²) in [7, 11) is 0. The van der Waals surface area contributed by atoms with Crippen LogP contribution in [-0.4, -0.2) is 16.1 Å². The fraction of sp³-hybridized carbons (Fsp3) is 0.400. The number of aliphatic hydroxyl groups excluding tert-OH is 1. The second-order valence-electron chi connectivity index (χ2n) is 3.43. The zero-order valence-corrected chi connectivity index (χ0v) is 9.07. The van der Waals surface area contributed by atoms with Crippen LogP contribution < -0.4 is 0 Å². The lowest BCUT2D eigenvalue weighted by molar-refractivity contribution is -0.384. The minimum atomic E-state index is -0.506. The van der Waals surface area contributed by atoms with Gasteiger partial charge in [0.2, 0.25) is 0 Å². The lowest BCUT2D eigenvalue weighted by Gasteiger charge is -2.04. The smallest absolute Gasteiger partial charge is 0.288 e. The number of nitro benzene ring substituents is 1. The molecule has 0 fully saturated rings. The summed E-state index contributed by atoms with van der Waals surface area (Å²) in [5, 5.41) is 19.8. The van der Waals surface area contributed by atoms with Crippen molar-refractivity contribution in [2.75, 3.05) is 0 Å². The fourth-order valence-corrected chi connectivity index (χ4v) is 1.42. The van der Waals surface area contributed by atoms with Crippen molar-refractivity contribution in [3.8, 4) is 0 Å². The fourth-order valence-electron chi connectivity index (χ4n) is 1.23. The molecule has 0 aliphatic rings. The lowest BCUT2D eigenvalue weighted by Crippen LogP contribution is -2.01. The molecule has 0 aliphatic heterocycles. The molecule has 0 aliphatic carbocycles. The van der Waals surface area contributed by atoms with E-state index in [9.17, 15) is 10.1 Å². The van der Waals surface area contributed by atoms with Gasteiger partial charge in [-0.15, -0.1) is 0 Å². The van der Waals surface area contributed by atoms with Gasteiger partial charge in [-0.05, 0) is 31.4 Å². The normalized spacial score (nSPS) is 12.5. The van der Waals surface area contributed by atoms with E-state index >= 15 is 0 Å². The number of hydrogen-bond acceptors (Lipinski definition) is 3. The zero-order valence-electron chi connectivity index (χ0n) is 8.31. The standard InChI is InChI=1S/C10H12ClNO3/c1-7(13)2-3-8-4-5-9(11)10(6-8)12(14)15/h4-7,13H,2-3H2,1H3/t7-/m0/s1. The third kappa shape index (κ3) is 3.49. The second kappa shape index (κ2) is 5.09. The summed E-state index contributed by atoms with van der Waals surface area (Å²) < 4.78 is 0. The van der Waals surface area contributed by atoms with Gasteiger partial charge in [-0.3, -0.25) is 10.1 Å². The van der Waals surface area contributed by atoms with Crippen molar-refractivity contribution in [2.24, 2.45) is 0 Å².